The van der Waals surface area contributed by atoms with E-state index in [2.05, 4.69) is 4.90 Å². The first-order valence-electron chi connectivity index (χ1n) is 10.6. The molecular formula is C22H29F3N2O4. The van der Waals surface area contributed by atoms with Crippen molar-refractivity contribution in [3.63, 3.8) is 0 Å². The molecule has 3 aliphatic rings. The van der Waals surface area contributed by atoms with E-state index in [1.807, 2.05) is 36.1 Å². The summed E-state index contributed by atoms with van der Waals surface area (Å²) >= 11 is 0. The molecule has 1 unspecified atom stereocenters. The van der Waals surface area contributed by atoms with Crippen molar-refractivity contribution in [3.8, 4) is 0 Å². The van der Waals surface area contributed by atoms with Crippen molar-refractivity contribution in [2.75, 3.05) is 39.3 Å². The molecule has 3 fully saturated rings. The van der Waals surface area contributed by atoms with Gasteiger partial charge in [0.2, 0.25) is 0 Å². The fourth-order valence-electron chi connectivity index (χ4n) is 4.39. The molecule has 0 saturated carbocycles. The SMILES string of the molecule is Cc1cccc(C(=O)N2CC3(CCC(CN4CCCC4)CO3)C2)c1.O=C(O)C(F)(F)F. The van der Waals surface area contributed by atoms with Crippen LogP contribution in [0, 0.1) is 12.8 Å². The summed E-state index contributed by atoms with van der Waals surface area (Å²) in [6, 6.07) is 7.87. The zero-order valence-electron chi connectivity index (χ0n) is 17.7. The lowest BCUT2D eigenvalue weighted by Crippen LogP contribution is -2.66. The number of rotatable bonds is 3. The number of amides is 1. The molecule has 4 rings (SSSR count). The Bertz CT molecular complexity index is 777. The number of hydrogen-bond donors (Lipinski definition) is 1. The Kier molecular flexibility index (Phi) is 7.26. The monoisotopic (exact) mass is 442 g/mol. The first kappa shape index (κ1) is 23.5. The van der Waals surface area contributed by atoms with Crippen LogP contribution in [-0.2, 0) is 9.53 Å². The lowest BCUT2D eigenvalue weighted by molar-refractivity contribution is -0.192. The minimum atomic E-state index is -5.08. The second-order valence-corrected chi connectivity index (χ2v) is 8.74. The number of carboxylic acids is 1. The number of hydrogen-bond acceptors (Lipinski definition) is 4. The van der Waals surface area contributed by atoms with Gasteiger partial charge in [0.15, 0.2) is 0 Å². The molecule has 0 aromatic heterocycles. The van der Waals surface area contributed by atoms with Crippen molar-refractivity contribution >= 4 is 11.9 Å². The number of alkyl halides is 3. The molecule has 0 bridgehead atoms. The predicted molar refractivity (Wildman–Crippen MR) is 108 cm³/mol. The molecular weight excluding hydrogens is 413 g/mol. The molecule has 1 spiro atoms. The van der Waals surface area contributed by atoms with E-state index in [4.69, 9.17) is 14.6 Å². The van der Waals surface area contributed by atoms with E-state index in [1.165, 1.54) is 38.9 Å². The molecule has 3 heterocycles. The number of benzene rings is 1. The van der Waals surface area contributed by atoms with Crippen molar-refractivity contribution in [1.82, 2.24) is 9.80 Å². The molecule has 1 amide bonds. The summed E-state index contributed by atoms with van der Waals surface area (Å²) in [7, 11) is 0. The minimum Gasteiger partial charge on any atom is -0.475 e. The molecule has 6 nitrogen and oxygen atoms in total. The van der Waals surface area contributed by atoms with Crippen LogP contribution in [0.3, 0.4) is 0 Å². The Morgan fingerprint density at radius 3 is 2.39 bits per heavy atom. The minimum absolute atomic E-state index is 0.0546. The van der Waals surface area contributed by atoms with Crippen LogP contribution in [0.2, 0.25) is 0 Å². The van der Waals surface area contributed by atoms with Crippen molar-refractivity contribution in [2.45, 2.75) is 44.4 Å². The molecule has 1 N–H and O–H groups in total. The quantitative estimate of drug-likeness (QED) is 0.778. The fourth-order valence-corrected chi connectivity index (χ4v) is 4.39. The highest BCUT2D eigenvalue weighted by molar-refractivity contribution is 5.95. The lowest BCUT2D eigenvalue weighted by Gasteiger charge is -2.53. The average Bonchev–Trinajstić information content (AvgIpc) is 3.19. The largest absolute Gasteiger partial charge is 0.490 e. The first-order chi connectivity index (χ1) is 14.6. The average molecular weight is 442 g/mol. The molecule has 31 heavy (non-hydrogen) atoms. The van der Waals surface area contributed by atoms with Crippen LogP contribution in [0.1, 0.15) is 41.6 Å². The standard InChI is InChI=1S/C20H28N2O2.C2HF3O2/c1-16-5-4-6-18(11-16)19(23)22-14-20(15-22)8-7-17(13-24-20)12-21-9-2-3-10-21;3-2(4,5)1(6)7/h4-6,11,17H,2-3,7-10,12-15H2,1H3;(H,6,7). The number of nitrogens with zero attached hydrogens (tertiary/aromatic N) is 2. The summed E-state index contributed by atoms with van der Waals surface area (Å²) in [5, 5.41) is 7.12. The van der Waals surface area contributed by atoms with Gasteiger partial charge in [-0.15, -0.1) is 0 Å². The summed E-state index contributed by atoms with van der Waals surface area (Å²) in [4.78, 5) is 26.0. The van der Waals surface area contributed by atoms with E-state index < -0.39 is 12.1 Å². The van der Waals surface area contributed by atoms with Crippen LogP contribution in [0.5, 0.6) is 0 Å². The van der Waals surface area contributed by atoms with Gasteiger partial charge in [0.1, 0.15) is 5.60 Å². The number of carbonyl (C=O) groups is 2. The summed E-state index contributed by atoms with van der Waals surface area (Å²) in [6.07, 6.45) is -0.0346. The molecule has 1 aromatic carbocycles. The molecule has 3 aliphatic heterocycles. The van der Waals surface area contributed by atoms with E-state index >= 15 is 0 Å². The van der Waals surface area contributed by atoms with E-state index in [1.54, 1.807) is 0 Å². The van der Waals surface area contributed by atoms with Gasteiger partial charge in [0.25, 0.3) is 5.91 Å². The number of aryl methyl sites for hydroxylation is 1. The van der Waals surface area contributed by atoms with Crippen molar-refractivity contribution < 1.29 is 32.6 Å². The smallest absolute Gasteiger partial charge is 0.475 e. The normalized spacial score (nSPS) is 23.1. The topological polar surface area (TPSA) is 70.1 Å². The van der Waals surface area contributed by atoms with Crippen LogP contribution in [0.25, 0.3) is 0 Å². The Morgan fingerprint density at radius 1 is 1.23 bits per heavy atom. The van der Waals surface area contributed by atoms with Gasteiger partial charge >= 0.3 is 12.1 Å². The Morgan fingerprint density at radius 2 is 1.87 bits per heavy atom. The van der Waals surface area contributed by atoms with Gasteiger partial charge in [-0.25, -0.2) is 4.79 Å². The molecule has 1 atom stereocenters. The molecule has 172 valence electrons. The van der Waals surface area contributed by atoms with Crippen LogP contribution >= 0.6 is 0 Å². The summed E-state index contributed by atoms with van der Waals surface area (Å²) in [5.74, 6) is -1.94. The van der Waals surface area contributed by atoms with E-state index in [0.29, 0.717) is 5.92 Å². The highest BCUT2D eigenvalue weighted by Crippen LogP contribution is 2.37. The number of likely N-dealkylation sites (tertiary alicyclic amines) is 2. The van der Waals surface area contributed by atoms with Gasteiger partial charge in [-0.2, -0.15) is 13.2 Å². The van der Waals surface area contributed by atoms with E-state index in [-0.39, 0.29) is 11.5 Å². The number of ether oxygens (including phenoxy) is 1. The molecule has 0 aliphatic carbocycles. The van der Waals surface area contributed by atoms with Crippen LogP contribution in [0.15, 0.2) is 24.3 Å². The van der Waals surface area contributed by atoms with Gasteiger partial charge in [-0.1, -0.05) is 17.7 Å². The number of aliphatic carboxylic acids is 1. The van der Waals surface area contributed by atoms with Gasteiger partial charge in [0, 0.05) is 12.1 Å². The van der Waals surface area contributed by atoms with Gasteiger partial charge < -0.3 is 19.6 Å². The molecule has 9 heteroatoms. The summed E-state index contributed by atoms with van der Waals surface area (Å²) < 4.78 is 38.0. The van der Waals surface area contributed by atoms with E-state index in [9.17, 15) is 18.0 Å². The van der Waals surface area contributed by atoms with E-state index in [0.717, 1.165) is 37.2 Å². The van der Waals surface area contributed by atoms with Gasteiger partial charge in [-0.05, 0) is 63.7 Å². The zero-order chi connectivity index (χ0) is 22.6. The third kappa shape index (κ3) is 6.20. The van der Waals surface area contributed by atoms with Crippen molar-refractivity contribution in [3.05, 3.63) is 35.4 Å². The molecule has 1 aromatic rings. The maximum Gasteiger partial charge on any atom is 0.490 e. The van der Waals surface area contributed by atoms with Crippen LogP contribution < -0.4 is 0 Å². The highest BCUT2D eigenvalue weighted by Gasteiger charge is 2.48. The Labute approximate surface area is 180 Å². The summed E-state index contributed by atoms with van der Waals surface area (Å²) in [6.45, 7) is 8.14. The Balaban J connectivity index is 0.000000339. The fraction of sp³-hybridized carbons (Fsp3) is 0.636. The molecule has 3 saturated heterocycles. The maximum absolute atomic E-state index is 12.6. The second-order valence-electron chi connectivity index (χ2n) is 8.74. The third-order valence-corrected chi connectivity index (χ3v) is 6.10. The second kappa shape index (κ2) is 9.56. The highest BCUT2D eigenvalue weighted by atomic mass is 19.4. The zero-order valence-corrected chi connectivity index (χ0v) is 17.7. The van der Waals surface area contributed by atoms with Crippen LogP contribution in [-0.4, -0.2) is 77.9 Å². The number of carbonyl (C=O) groups excluding carboxylic acids is 1. The number of carboxylic acid groups (broad SMARTS) is 1. The van der Waals surface area contributed by atoms with Gasteiger partial charge in [0.05, 0.1) is 19.7 Å². The lowest BCUT2D eigenvalue weighted by atomic mass is 9.82. The van der Waals surface area contributed by atoms with Gasteiger partial charge in [-0.3, -0.25) is 4.79 Å². The van der Waals surface area contributed by atoms with Crippen molar-refractivity contribution in [1.29, 1.82) is 0 Å². The summed E-state index contributed by atoms with van der Waals surface area (Å²) in [5.41, 5.74) is 1.88. The van der Waals surface area contributed by atoms with Crippen molar-refractivity contribution in [2.24, 2.45) is 5.92 Å². The van der Waals surface area contributed by atoms with Crippen LogP contribution in [0.4, 0.5) is 13.2 Å². The number of halogens is 3. The maximum atomic E-state index is 12.6. The first-order valence-corrected chi connectivity index (χ1v) is 10.6. The molecule has 0 radical (unpaired) electrons. The predicted octanol–water partition coefficient (Wildman–Crippen LogP) is 3.35. The Hall–Kier alpha value is -2.13. The third-order valence-electron chi connectivity index (χ3n) is 6.10.